The Bertz CT molecular complexity index is 57.8. The fraction of sp³-hybridized carbons (Fsp3) is 0. The van der Waals surface area contributed by atoms with Crippen LogP contribution in [0.3, 0.4) is 0 Å². The molecule has 7 heavy (non-hydrogen) atoms. The third-order valence-corrected chi connectivity index (χ3v) is 0. The van der Waals surface area contributed by atoms with E-state index in [1.54, 1.807) is 0 Å². The van der Waals surface area contributed by atoms with Crippen molar-refractivity contribution >= 4 is 91.0 Å². The first-order valence-corrected chi connectivity index (χ1v) is 2.35. The van der Waals surface area contributed by atoms with E-state index in [0.717, 1.165) is 0 Å². The smallest absolute Gasteiger partial charge is 0.303 e. The molecule has 0 aliphatic carbocycles. The van der Waals surface area contributed by atoms with E-state index in [1.165, 1.54) is 0 Å². The van der Waals surface area contributed by atoms with Gasteiger partial charge in [0.05, 0.1) is 0 Å². The van der Waals surface area contributed by atoms with Gasteiger partial charge >= 0.3 is 91.0 Å². The number of rotatable bonds is 0. The van der Waals surface area contributed by atoms with Crippen molar-refractivity contribution in [1.29, 1.82) is 0 Å². The van der Waals surface area contributed by atoms with Gasteiger partial charge in [-0.05, 0) is 0 Å². The average molecular weight is 226 g/mol. The molecule has 0 unspecified atom stereocenters. The maximum Gasteiger partial charge on any atom is 2.00 e. The van der Waals surface area contributed by atoms with E-state index >= 15 is 0 Å². The summed E-state index contributed by atoms with van der Waals surface area (Å²) < 4.78 is 8.88. The van der Waals surface area contributed by atoms with Gasteiger partial charge in [0.1, 0.15) is 0 Å². The number of hydrogen-bond acceptors (Lipinski definition) is 1. The molecule has 0 spiro atoms. The van der Waals surface area contributed by atoms with E-state index in [2.05, 4.69) is 0 Å². The van der Waals surface area contributed by atoms with Crippen molar-refractivity contribution in [2.75, 3.05) is 0 Å². The van der Waals surface area contributed by atoms with Crippen LogP contribution >= 0.6 is 7.82 Å². The predicted molar refractivity (Wildman–Crippen MR) is 25.8 cm³/mol. The third-order valence-electron chi connectivity index (χ3n) is 0. The second-order valence-electron chi connectivity index (χ2n) is 0.513. The molecular formula is H3CaO4PSr+4. The molecule has 4 nitrogen and oxygen atoms in total. The molecule has 32 valence electrons. The minimum atomic E-state index is -4.64. The van der Waals surface area contributed by atoms with Gasteiger partial charge in [-0.15, -0.1) is 0 Å². The van der Waals surface area contributed by atoms with E-state index in [1.807, 2.05) is 0 Å². The van der Waals surface area contributed by atoms with Gasteiger partial charge < -0.3 is 14.7 Å². The number of phosphoric acid groups is 1. The van der Waals surface area contributed by atoms with Gasteiger partial charge in [-0.25, -0.2) is 4.57 Å². The second kappa shape index (κ2) is 6.96. The van der Waals surface area contributed by atoms with Crippen LogP contribution in [0.15, 0.2) is 0 Å². The molecule has 0 atom stereocenters. The number of hydrogen-bond donors (Lipinski definition) is 3. The summed E-state index contributed by atoms with van der Waals surface area (Å²) >= 11 is 0. The van der Waals surface area contributed by atoms with Crippen molar-refractivity contribution in [3.05, 3.63) is 0 Å². The minimum Gasteiger partial charge on any atom is -0.303 e. The molecule has 0 saturated carbocycles. The van der Waals surface area contributed by atoms with Crippen LogP contribution in [0.25, 0.3) is 0 Å². The summed E-state index contributed by atoms with van der Waals surface area (Å²) in [6, 6.07) is 0. The van der Waals surface area contributed by atoms with Crippen molar-refractivity contribution < 1.29 is 19.2 Å². The largest absolute Gasteiger partial charge is 2.00 e. The van der Waals surface area contributed by atoms with Crippen LogP contribution in [0.5, 0.6) is 0 Å². The van der Waals surface area contributed by atoms with Crippen LogP contribution in [-0.2, 0) is 4.57 Å². The van der Waals surface area contributed by atoms with E-state index in [9.17, 15) is 0 Å². The van der Waals surface area contributed by atoms with Crippen LogP contribution in [0.2, 0.25) is 0 Å². The molecule has 0 aliphatic rings. The average Bonchev–Trinajstić information content (AvgIpc) is 0.722. The minimum absolute atomic E-state index is 0. The topological polar surface area (TPSA) is 77.8 Å². The van der Waals surface area contributed by atoms with E-state index in [-0.39, 0.29) is 83.2 Å². The second-order valence-corrected chi connectivity index (χ2v) is 1.54. The molecule has 0 rings (SSSR count). The summed E-state index contributed by atoms with van der Waals surface area (Å²) in [6.07, 6.45) is 0. The molecule has 3 N–H and O–H groups in total. The molecule has 0 aromatic rings. The fourth-order valence-electron chi connectivity index (χ4n) is 0. The maximum absolute atomic E-state index is 8.88. The van der Waals surface area contributed by atoms with E-state index in [0.29, 0.717) is 0 Å². The Hall–Kier alpha value is 2.85. The fourth-order valence-corrected chi connectivity index (χ4v) is 0. The molecule has 7 heteroatoms. The zero-order chi connectivity index (χ0) is 4.50. The van der Waals surface area contributed by atoms with Gasteiger partial charge in [0.25, 0.3) is 0 Å². The molecular weight excluding hydrogens is 223 g/mol. The Balaban J connectivity index is -0.0000000800. The van der Waals surface area contributed by atoms with Gasteiger partial charge in [0.15, 0.2) is 0 Å². The zero-order valence-corrected chi connectivity index (χ0v) is 10.2. The first-order valence-electron chi connectivity index (χ1n) is 0.783. The molecule has 0 radical (unpaired) electrons. The Labute approximate surface area is 108 Å². The van der Waals surface area contributed by atoms with E-state index < -0.39 is 7.82 Å². The summed E-state index contributed by atoms with van der Waals surface area (Å²) in [4.78, 5) is 21.6. The first kappa shape index (κ1) is 16.4. The van der Waals surface area contributed by atoms with Gasteiger partial charge in [-0.2, -0.15) is 0 Å². The standard InChI is InChI=1S/Ca.H3O4P.Sr/c;1-5(2,3)4;/h;(H3,1,2,3,4);/q+2;;+2. The summed E-state index contributed by atoms with van der Waals surface area (Å²) in [5.41, 5.74) is 0. The van der Waals surface area contributed by atoms with Crippen molar-refractivity contribution in [1.82, 2.24) is 0 Å². The molecule has 0 saturated heterocycles. The van der Waals surface area contributed by atoms with Gasteiger partial charge in [0.2, 0.25) is 0 Å². The normalized spacial score (nSPS) is 8.43. The Kier molecular flexibility index (Phi) is 16.4. The quantitative estimate of drug-likeness (QED) is 0.340. The molecule has 0 aliphatic heterocycles. The Morgan fingerprint density at radius 2 is 1.14 bits per heavy atom. The van der Waals surface area contributed by atoms with Crippen LogP contribution < -0.4 is 0 Å². The Morgan fingerprint density at radius 3 is 1.14 bits per heavy atom. The predicted octanol–water partition coefficient (Wildman–Crippen LogP) is -1.69. The molecule has 0 aromatic heterocycles. The Morgan fingerprint density at radius 1 is 1.14 bits per heavy atom. The monoisotopic (exact) mass is 226 g/mol. The summed E-state index contributed by atoms with van der Waals surface area (Å²) in [5.74, 6) is 0. The molecule has 0 aromatic carbocycles. The zero-order valence-electron chi connectivity index (χ0n) is 3.61. The molecule has 0 amide bonds. The summed E-state index contributed by atoms with van der Waals surface area (Å²) in [7, 11) is -4.64. The van der Waals surface area contributed by atoms with Crippen LogP contribution in [0.4, 0.5) is 0 Å². The van der Waals surface area contributed by atoms with Crippen LogP contribution in [0, 0.1) is 0 Å². The van der Waals surface area contributed by atoms with Gasteiger partial charge in [0, 0.05) is 0 Å². The summed E-state index contributed by atoms with van der Waals surface area (Å²) in [6.45, 7) is 0. The van der Waals surface area contributed by atoms with E-state index in [4.69, 9.17) is 19.2 Å². The van der Waals surface area contributed by atoms with Crippen LogP contribution in [0.1, 0.15) is 0 Å². The summed E-state index contributed by atoms with van der Waals surface area (Å²) in [5, 5.41) is 0. The van der Waals surface area contributed by atoms with Crippen molar-refractivity contribution in [3.63, 3.8) is 0 Å². The van der Waals surface area contributed by atoms with Gasteiger partial charge in [-0.1, -0.05) is 0 Å². The van der Waals surface area contributed by atoms with Gasteiger partial charge in [-0.3, -0.25) is 0 Å². The maximum atomic E-state index is 8.88. The molecule has 0 fully saturated rings. The van der Waals surface area contributed by atoms with Crippen LogP contribution in [-0.4, -0.2) is 97.9 Å². The molecule has 0 bridgehead atoms. The van der Waals surface area contributed by atoms with Crippen molar-refractivity contribution in [2.45, 2.75) is 0 Å². The third kappa shape index (κ3) is 51.1. The van der Waals surface area contributed by atoms with Crippen molar-refractivity contribution in [3.8, 4) is 0 Å². The SMILES string of the molecule is O=P(O)(O)O.[Ca+2].[Sr+2]. The first-order chi connectivity index (χ1) is 2.00. The van der Waals surface area contributed by atoms with Crippen molar-refractivity contribution in [2.24, 2.45) is 0 Å². The molecule has 0 heterocycles.